The van der Waals surface area contributed by atoms with Crippen LogP contribution in [0.3, 0.4) is 0 Å². The van der Waals surface area contributed by atoms with E-state index >= 15 is 17.6 Å². The first kappa shape index (κ1) is 34.2. The molecular formula is C28H39F10NO2. The van der Waals surface area contributed by atoms with Gasteiger partial charge in [-0.05, 0) is 88.4 Å². The SMILES string of the molecule is CCCCOC(C)OC(C12CC3CC(CC(C(CC)CC(C)C#N)(C3)C1)C2)(C(F)(F)C(F)(F)F)C(F)(F)C(F)(F)F. The molecule has 4 bridgehead atoms. The Balaban J connectivity index is 2.33. The van der Waals surface area contributed by atoms with Crippen molar-refractivity contribution in [3.8, 4) is 6.07 Å². The molecule has 4 saturated carbocycles. The fraction of sp³-hybridized carbons (Fsp3) is 0.964. The average molecular weight is 612 g/mol. The predicted octanol–water partition coefficient (Wildman–Crippen LogP) is 9.46. The zero-order valence-electron chi connectivity index (χ0n) is 23.7. The molecule has 0 heterocycles. The lowest BCUT2D eigenvalue weighted by Crippen LogP contribution is -2.81. The van der Waals surface area contributed by atoms with E-state index in [-0.39, 0.29) is 19.4 Å². The monoisotopic (exact) mass is 611 g/mol. The average Bonchev–Trinajstić information content (AvgIpc) is 2.83. The standard InChI is InChI=1S/C28H39F10NO2/c1-5-7-8-40-18(4)41-24(25(29,30)27(33,34)35,26(31,32)28(36,37)38)23-13-19-10-20(14-23)12-22(11-19,16-23)21(6-2)9-17(3)15-39/h17-21H,5-14,16H2,1-4H3. The van der Waals surface area contributed by atoms with E-state index in [1.54, 1.807) is 20.8 Å². The summed E-state index contributed by atoms with van der Waals surface area (Å²) in [5, 5.41) is 9.39. The van der Waals surface area contributed by atoms with E-state index < -0.39 is 89.9 Å². The highest BCUT2D eigenvalue weighted by molar-refractivity contribution is 5.25. The van der Waals surface area contributed by atoms with Crippen molar-refractivity contribution in [3.05, 3.63) is 0 Å². The van der Waals surface area contributed by atoms with Gasteiger partial charge in [0.2, 0.25) is 5.60 Å². The highest BCUT2D eigenvalue weighted by Gasteiger charge is 2.92. The Morgan fingerprint density at radius 2 is 1.37 bits per heavy atom. The number of alkyl halides is 10. The van der Waals surface area contributed by atoms with E-state index in [0.29, 0.717) is 32.1 Å². The lowest BCUT2D eigenvalue weighted by atomic mass is 9.37. The molecule has 13 heteroatoms. The Morgan fingerprint density at radius 1 is 0.854 bits per heavy atom. The Labute approximate surface area is 234 Å². The minimum atomic E-state index is -6.79. The Bertz CT molecular complexity index is 917. The maximum atomic E-state index is 15.9. The molecule has 4 fully saturated rings. The minimum absolute atomic E-state index is 0.220. The van der Waals surface area contributed by atoms with Crippen LogP contribution in [0.25, 0.3) is 0 Å². The van der Waals surface area contributed by atoms with Crippen LogP contribution in [-0.2, 0) is 9.47 Å². The Hall–Kier alpha value is -1.29. The van der Waals surface area contributed by atoms with Gasteiger partial charge in [0, 0.05) is 17.9 Å². The van der Waals surface area contributed by atoms with Gasteiger partial charge in [-0.15, -0.1) is 0 Å². The van der Waals surface area contributed by atoms with E-state index in [2.05, 4.69) is 6.07 Å². The highest BCUT2D eigenvalue weighted by atomic mass is 19.4. The number of rotatable bonds is 13. The van der Waals surface area contributed by atoms with Crippen LogP contribution in [0.1, 0.15) is 91.9 Å². The number of hydrogen-bond acceptors (Lipinski definition) is 3. The van der Waals surface area contributed by atoms with Crippen LogP contribution in [0.2, 0.25) is 0 Å². The normalized spacial score (nSPS) is 31.1. The molecule has 0 aliphatic heterocycles. The van der Waals surface area contributed by atoms with Crippen LogP contribution in [0.5, 0.6) is 0 Å². The van der Waals surface area contributed by atoms with Gasteiger partial charge in [0.05, 0.1) is 6.07 Å². The quantitative estimate of drug-likeness (QED) is 0.118. The van der Waals surface area contributed by atoms with Gasteiger partial charge < -0.3 is 9.47 Å². The molecule has 41 heavy (non-hydrogen) atoms. The molecular weight excluding hydrogens is 572 g/mol. The number of ether oxygens (including phenoxy) is 2. The molecule has 5 unspecified atom stereocenters. The molecule has 4 aliphatic rings. The fourth-order valence-corrected chi connectivity index (χ4v) is 8.76. The lowest BCUT2D eigenvalue weighted by Gasteiger charge is -2.70. The van der Waals surface area contributed by atoms with E-state index in [1.165, 1.54) is 0 Å². The highest BCUT2D eigenvalue weighted by Crippen LogP contribution is 2.77. The van der Waals surface area contributed by atoms with Crippen LogP contribution in [-0.4, -0.2) is 42.7 Å². The molecule has 238 valence electrons. The summed E-state index contributed by atoms with van der Waals surface area (Å²) in [7, 11) is 0. The summed E-state index contributed by atoms with van der Waals surface area (Å²) in [4.78, 5) is 0. The molecule has 0 aromatic heterocycles. The van der Waals surface area contributed by atoms with Crippen molar-refractivity contribution in [2.45, 2.75) is 128 Å². The molecule has 0 saturated heterocycles. The van der Waals surface area contributed by atoms with Crippen LogP contribution in [0, 0.1) is 45.8 Å². The second kappa shape index (κ2) is 11.3. The number of nitrogens with zero attached hydrogens (tertiary/aromatic N) is 1. The maximum absolute atomic E-state index is 15.9. The number of halogens is 10. The van der Waals surface area contributed by atoms with Crippen molar-refractivity contribution < 1.29 is 53.4 Å². The summed E-state index contributed by atoms with van der Waals surface area (Å²) in [6.45, 7) is 5.53. The summed E-state index contributed by atoms with van der Waals surface area (Å²) in [6, 6.07) is 2.06. The molecule has 0 amide bonds. The number of unbranched alkanes of at least 4 members (excludes halogenated alkanes) is 1. The first-order chi connectivity index (χ1) is 18.7. The van der Waals surface area contributed by atoms with Gasteiger partial charge in [0.1, 0.15) is 0 Å². The zero-order valence-corrected chi connectivity index (χ0v) is 23.7. The van der Waals surface area contributed by atoms with Gasteiger partial charge in [-0.3, -0.25) is 0 Å². The van der Waals surface area contributed by atoms with Crippen molar-refractivity contribution in [1.29, 1.82) is 5.26 Å². The van der Waals surface area contributed by atoms with Crippen LogP contribution in [0.15, 0.2) is 0 Å². The third kappa shape index (κ3) is 5.46. The molecule has 0 spiro atoms. The summed E-state index contributed by atoms with van der Waals surface area (Å²) in [5.74, 6) is -15.5. The summed E-state index contributed by atoms with van der Waals surface area (Å²) < 4.78 is 159. The van der Waals surface area contributed by atoms with Crippen LogP contribution in [0.4, 0.5) is 43.9 Å². The Morgan fingerprint density at radius 3 is 1.78 bits per heavy atom. The minimum Gasteiger partial charge on any atom is -0.353 e. The number of hydrogen-bond donors (Lipinski definition) is 0. The molecule has 4 rings (SSSR count). The van der Waals surface area contributed by atoms with Crippen molar-refractivity contribution in [3.63, 3.8) is 0 Å². The molecule has 0 aromatic carbocycles. The summed E-state index contributed by atoms with van der Waals surface area (Å²) in [6.07, 6.45) is -15.6. The van der Waals surface area contributed by atoms with Gasteiger partial charge >= 0.3 is 24.2 Å². The smallest absolute Gasteiger partial charge is 0.353 e. The van der Waals surface area contributed by atoms with Crippen molar-refractivity contribution >= 4 is 0 Å². The second-order valence-electron chi connectivity index (χ2n) is 12.7. The molecule has 3 nitrogen and oxygen atoms in total. The lowest BCUT2D eigenvalue weighted by molar-refractivity contribution is -0.481. The van der Waals surface area contributed by atoms with Crippen LogP contribution < -0.4 is 0 Å². The van der Waals surface area contributed by atoms with E-state index in [4.69, 9.17) is 9.47 Å². The predicted molar refractivity (Wildman–Crippen MR) is 129 cm³/mol. The maximum Gasteiger partial charge on any atom is 0.456 e. The van der Waals surface area contributed by atoms with Gasteiger partial charge in [0.25, 0.3) is 0 Å². The van der Waals surface area contributed by atoms with Gasteiger partial charge in [-0.1, -0.05) is 26.7 Å². The molecule has 5 atom stereocenters. The van der Waals surface area contributed by atoms with E-state index in [9.17, 15) is 31.6 Å². The topological polar surface area (TPSA) is 42.2 Å². The van der Waals surface area contributed by atoms with Gasteiger partial charge in [0.15, 0.2) is 6.29 Å². The first-order valence-corrected chi connectivity index (χ1v) is 14.3. The Kier molecular flexibility index (Phi) is 9.45. The molecule has 0 N–H and O–H groups in total. The van der Waals surface area contributed by atoms with E-state index in [0.717, 1.165) is 6.92 Å². The van der Waals surface area contributed by atoms with Crippen LogP contribution >= 0.6 is 0 Å². The van der Waals surface area contributed by atoms with Gasteiger partial charge in [-0.25, -0.2) is 0 Å². The van der Waals surface area contributed by atoms with Gasteiger partial charge in [-0.2, -0.15) is 49.2 Å². The zero-order chi connectivity index (χ0) is 31.3. The fourth-order valence-electron chi connectivity index (χ4n) is 8.76. The van der Waals surface area contributed by atoms with Crippen molar-refractivity contribution in [2.75, 3.05) is 6.61 Å². The van der Waals surface area contributed by atoms with E-state index in [1.807, 2.05) is 0 Å². The first-order valence-electron chi connectivity index (χ1n) is 14.3. The largest absolute Gasteiger partial charge is 0.456 e. The molecule has 0 aromatic rings. The van der Waals surface area contributed by atoms with Crippen molar-refractivity contribution in [1.82, 2.24) is 0 Å². The summed E-state index contributed by atoms with van der Waals surface area (Å²) >= 11 is 0. The second-order valence-corrected chi connectivity index (χ2v) is 12.7. The van der Waals surface area contributed by atoms with Crippen molar-refractivity contribution in [2.24, 2.45) is 34.5 Å². The third-order valence-corrected chi connectivity index (χ3v) is 9.86. The summed E-state index contributed by atoms with van der Waals surface area (Å²) in [5.41, 5.74) is -9.29. The molecule has 0 radical (unpaired) electrons. The molecule has 4 aliphatic carbocycles. The number of nitriles is 1. The third-order valence-electron chi connectivity index (χ3n) is 9.86.